The van der Waals surface area contributed by atoms with Crippen molar-refractivity contribution in [1.29, 1.82) is 0 Å². The van der Waals surface area contributed by atoms with E-state index in [1.807, 2.05) is 0 Å². The summed E-state index contributed by atoms with van der Waals surface area (Å²) in [6.07, 6.45) is 12.1. The van der Waals surface area contributed by atoms with Crippen LogP contribution in [0.15, 0.2) is 28.3 Å². The minimum Gasteiger partial charge on any atom is -0.467 e. The van der Waals surface area contributed by atoms with Crippen molar-refractivity contribution in [2.24, 2.45) is 45.0 Å². The zero-order chi connectivity index (χ0) is 25.1. The molecule has 190 valence electrons. The number of nitrogens with one attached hydrogen (secondary N) is 1. The first-order valence-electron chi connectivity index (χ1n) is 12.9. The van der Waals surface area contributed by atoms with Gasteiger partial charge in [0.05, 0.1) is 12.5 Å². The van der Waals surface area contributed by atoms with E-state index in [0.29, 0.717) is 31.2 Å². The fourth-order valence-corrected chi connectivity index (χ4v) is 6.83. The first kappa shape index (κ1) is 26.3. The highest BCUT2D eigenvalue weighted by molar-refractivity contribution is 5.88. The smallest absolute Gasteiger partial charge is 0.328 e. The zero-order valence-corrected chi connectivity index (χ0v) is 21.7. The third-order valence-electron chi connectivity index (χ3n) is 8.83. The van der Waals surface area contributed by atoms with Gasteiger partial charge in [-0.25, -0.2) is 4.79 Å². The summed E-state index contributed by atoms with van der Waals surface area (Å²) < 4.78 is 4.98. The molecule has 0 aromatic rings. The number of carbonyl (C=O) groups excluding carboxylic acids is 2. The van der Waals surface area contributed by atoms with Gasteiger partial charge in [-0.1, -0.05) is 51.8 Å². The van der Waals surface area contributed by atoms with Crippen LogP contribution in [0.25, 0.3) is 0 Å². The number of amides is 1. The zero-order valence-electron chi connectivity index (χ0n) is 21.7. The number of allylic oxidation sites excluding steroid dienone is 4. The molecule has 1 fully saturated rings. The highest BCUT2D eigenvalue weighted by atomic mass is 16.5. The molecule has 1 amide bonds. The lowest BCUT2D eigenvalue weighted by Gasteiger charge is -2.57. The van der Waals surface area contributed by atoms with Crippen LogP contribution in [0.1, 0.15) is 79.1 Å². The Labute approximate surface area is 204 Å². The number of fused-ring (bicyclic) bond motifs is 3. The Bertz CT molecular complexity index is 873. The molecule has 0 aliphatic heterocycles. The van der Waals surface area contributed by atoms with Gasteiger partial charge < -0.3 is 21.5 Å². The van der Waals surface area contributed by atoms with E-state index in [4.69, 9.17) is 16.2 Å². The summed E-state index contributed by atoms with van der Waals surface area (Å²) >= 11 is 0. The topological polar surface area (TPSA) is 120 Å². The van der Waals surface area contributed by atoms with Crippen molar-refractivity contribution in [2.75, 3.05) is 13.7 Å². The normalized spacial score (nSPS) is 31.4. The molecule has 0 bridgehead atoms. The Hall–Kier alpha value is -2.31. The first-order chi connectivity index (χ1) is 16.0. The van der Waals surface area contributed by atoms with Crippen molar-refractivity contribution in [2.45, 2.75) is 85.1 Å². The van der Waals surface area contributed by atoms with Crippen LogP contribution in [0, 0.1) is 28.6 Å². The van der Waals surface area contributed by atoms with E-state index in [9.17, 15) is 9.59 Å². The van der Waals surface area contributed by atoms with E-state index in [2.05, 4.69) is 50.2 Å². The largest absolute Gasteiger partial charge is 0.467 e. The molecule has 5 N–H and O–H groups in total. The Morgan fingerprint density at radius 1 is 1.26 bits per heavy atom. The molecular weight excluding hydrogens is 428 g/mol. The van der Waals surface area contributed by atoms with Crippen LogP contribution in [0.5, 0.6) is 0 Å². The Morgan fingerprint density at radius 2 is 2.00 bits per heavy atom. The number of ether oxygens (including phenoxy) is 1. The molecule has 34 heavy (non-hydrogen) atoms. The quantitative estimate of drug-likeness (QED) is 0.215. The van der Waals surface area contributed by atoms with Gasteiger partial charge in [0.25, 0.3) is 0 Å². The fourth-order valence-electron chi connectivity index (χ4n) is 6.83. The van der Waals surface area contributed by atoms with Gasteiger partial charge in [-0.2, -0.15) is 0 Å². The molecular formula is C27H44N4O3. The molecule has 0 unspecified atom stereocenters. The Kier molecular flexibility index (Phi) is 8.14. The average molecular weight is 473 g/mol. The van der Waals surface area contributed by atoms with Crippen molar-refractivity contribution in [3.63, 3.8) is 0 Å². The second-order valence-corrected chi connectivity index (χ2v) is 11.2. The summed E-state index contributed by atoms with van der Waals surface area (Å²) in [5.74, 6) is 0.887. The minimum atomic E-state index is -0.697. The van der Waals surface area contributed by atoms with Crippen LogP contribution in [-0.4, -0.2) is 37.5 Å². The molecule has 3 rings (SSSR count). The van der Waals surface area contributed by atoms with Crippen molar-refractivity contribution in [1.82, 2.24) is 5.32 Å². The third kappa shape index (κ3) is 5.18. The van der Waals surface area contributed by atoms with Crippen molar-refractivity contribution in [3.05, 3.63) is 23.3 Å². The molecule has 0 aromatic carbocycles. The molecule has 1 saturated carbocycles. The maximum absolute atomic E-state index is 13.8. The van der Waals surface area contributed by atoms with Crippen LogP contribution >= 0.6 is 0 Å². The van der Waals surface area contributed by atoms with Crippen LogP contribution < -0.4 is 16.8 Å². The van der Waals surface area contributed by atoms with Gasteiger partial charge in [0.2, 0.25) is 5.91 Å². The summed E-state index contributed by atoms with van der Waals surface area (Å²) in [6.45, 7) is 9.47. The van der Waals surface area contributed by atoms with E-state index in [1.165, 1.54) is 12.7 Å². The number of aliphatic imine (C=N–C) groups is 1. The van der Waals surface area contributed by atoms with Crippen LogP contribution in [0.3, 0.4) is 0 Å². The van der Waals surface area contributed by atoms with Gasteiger partial charge in [-0.15, -0.1) is 0 Å². The van der Waals surface area contributed by atoms with Crippen LogP contribution in [0.4, 0.5) is 0 Å². The highest BCUT2D eigenvalue weighted by Crippen LogP contribution is 2.62. The van der Waals surface area contributed by atoms with E-state index >= 15 is 0 Å². The molecule has 5 atom stereocenters. The summed E-state index contributed by atoms with van der Waals surface area (Å²) in [4.78, 5) is 30.2. The van der Waals surface area contributed by atoms with Crippen molar-refractivity contribution < 1.29 is 14.3 Å². The second kappa shape index (κ2) is 10.5. The highest BCUT2D eigenvalue weighted by Gasteiger charge is 2.57. The molecule has 0 saturated heterocycles. The summed E-state index contributed by atoms with van der Waals surface area (Å²) in [5, 5.41) is 3.05. The van der Waals surface area contributed by atoms with Gasteiger partial charge in [0, 0.05) is 6.54 Å². The lowest BCUT2D eigenvalue weighted by molar-refractivity contribution is -0.151. The first-order valence-corrected chi connectivity index (χ1v) is 12.9. The predicted molar refractivity (Wildman–Crippen MR) is 136 cm³/mol. The summed E-state index contributed by atoms with van der Waals surface area (Å²) in [6, 6.07) is -0.697. The predicted octanol–water partition coefficient (Wildman–Crippen LogP) is 3.83. The summed E-state index contributed by atoms with van der Waals surface area (Å²) in [7, 11) is 1.35. The van der Waals surface area contributed by atoms with Gasteiger partial charge in [0.15, 0.2) is 5.96 Å². The second-order valence-electron chi connectivity index (χ2n) is 11.2. The van der Waals surface area contributed by atoms with E-state index < -0.39 is 17.4 Å². The number of esters is 1. The van der Waals surface area contributed by atoms with Gasteiger partial charge in [0.1, 0.15) is 6.04 Å². The van der Waals surface area contributed by atoms with Crippen molar-refractivity contribution >= 4 is 17.8 Å². The lowest BCUT2D eigenvalue weighted by atomic mass is 9.46. The van der Waals surface area contributed by atoms with E-state index in [0.717, 1.165) is 38.5 Å². The lowest BCUT2D eigenvalue weighted by Crippen LogP contribution is -2.57. The number of nitrogens with zero attached hydrogens (tertiary/aromatic N) is 1. The third-order valence-corrected chi connectivity index (χ3v) is 8.83. The van der Waals surface area contributed by atoms with E-state index in [-0.39, 0.29) is 23.2 Å². The average Bonchev–Trinajstić information content (AvgIpc) is 2.79. The number of guanidine groups is 1. The number of methoxy groups -OCH3 is 1. The number of hydrogen-bond donors (Lipinski definition) is 3. The molecule has 3 aliphatic rings. The molecule has 0 radical (unpaired) electrons. The number of nitrogens with two attached hydrogens (primary N) is 2. The molecule has 0 aromatic heterocycles. The SMILES string of the molecule is COC(=O)[C@@H](CCCN=C(N)N)NC(=O)[C@]1(C)CCC[C@]2(C)[C@@H]3CCC(C(C)C)=CC3=CC[C@@H]21. The van der Waals surface area contributed by atoms with Gasteiger partial charge >= 0.3 is 5.97 Å². The number of carbonyl (C=O) groups is 2. The maximum atomic E-state index is 13.8. The van der Waals surface area contributed by atoms with Gasteiger partial charge in [-0.05, 0) is 73.7 Å². The Balaban J connectivity index is 1.80. The molecule has 7 nitrogen and oxygen atoms in total. The Morgan fingerprint density at radius 3 is 2.65 bits per heavy atom. The number of rotatable bonds is 8. The molecule has 0 spiro atoms. The van der Waals surface area contributed by atoms with E-state index in [1.54, 1.807) is 5.57 Å². The van der Waals surface area contributed by atoms with Crippen LogP contribution in [0.2, 0.25) is 0 Å². The summed E-state index contributed by atoms with van der Waals surface area (Å²) in [5.41, 5.74) is 13.4. The molecule has 3 aliphatic carbocycles. The van der Waals surface area contributed by atoms with Crippen LogP contribution in [-0.2, 0) is 14.3 Å². The van der Waals surface area contributed by atoms with Crippen molar-refractivity contribution in [3.8, 4) is 0 Å². The standard InChI is InChI=1S/C27H44N4O3/c1-17(2)18-9-11-20-19(16-18)10-12-22-26(20,3)13-7-14-27(22,4)24(33)31-21(23(32)34-5)8-6-15-30-25(28)29/h10,16-17,20-22H,6-9,11-15H2,1-5H3,(H,31,33)(H4,28,29,30)/t20-,21-,22+,26-,27-/m1/s1. The fraction of sp³-hybridized carbons (Fsp3) is 0.741. The molecule has 7 heteroatoms. The monoisotopic (exact) mass is 472 g/mol. The van der Waals surface area contributed by atoms with Gasteiger partial charge in [-0.3, -0.25) is 9.79 Å². The maximum Gasteiger partial charge on any atom is 0.328 e. The number of hydrogen-bond acceptors (Lipinski definition) is 4. The minimum absolute atomic E-state index is 0.0236. The molecule has 0 heterocycles.